The second-order valence-electron chi connectivity index (χ2n) is 7.45. The van der Waals surface area contributed by atoms with Gasteiger partial charge in [-0.2, -0.15) is 5.26 Å². The molecule has 31 heavy (non-hydrogen) atoms. The van der Waals surface area contributed by atoms with Crippen molar-refractivity contribution in [3.8, 4) is 6.07 Å². The molecule has 0 unspecified atom stereocenters. The number of nitriles is 1. The van der Waals surface area contributed by atoms with Crippen molar-refractivity contribution in [3.63, 3.8) is 0 Å². The maximum absolute atomic E-state index is 12.1. The van der Waals surface area contributed by atoms with E-state index in [4.69, 9.17) is 0 Å². The lowest BCUT2D eigenvalue weighted by Crippen LogP contribution is -2.30. The van der Waals surface area contributed by atoms with Gasteiger partial charge in [-0.3, -0.25) is 4.79 Å². The number of anilines is 2. The average Bonchev–Trinajstić information content (AvgIpc) is 2.73. The molecule has 7 nitrogen and oxygen atoms in total. The molecule has 0 aliphatic carbocycles. The molecular formula is C24H25N5O2. The molecule has 7 heteroatoms. The quantitative estimate of drug-likeness (QED) is 0.388. The maximum Gasteiger partial charge on any atom is 0.319 e. The van der Waals surface area contributed by atoms with Crippen molar-refractivity contribution in [3.05, 3.63) is 64.7 Å². The van der Waals surface area contributed by atoms with Crippen LogP contribution in [0.15, 0.2) is 42.5 Å². The van der Waals surface area contributed by atoms with E-state index in [0.29, 0.717) is 42.1 Å². The first kappa shape index (κ1) is 21.8. The molecule has 0 aliphatic heterocycles. The Labute approximate surface area is 181 Å². The highest BCUT2D eigenvalue weighted by Crippen LogP contribution is 2.24. The Balaban J connectivity index is 1.52. The third-order valence-corrected chi connectivity index (χ3v) is 4.83. The van der Waals surface area contributed by atoms with Crippen molar-refractivity contribution in [2.75, 3.05) is 23.7 Å². The second kappa shape index (κ2) is 9.72. The second-order valence-corrected chi connectivity index (χ2v) is 7.45. The molecule has 1 heterocycles. The van der Waals surface area contributed by atoms with Crippen LogP contribution in [0, 0.1) is 25.2 Å². The predicted molar refractivity (Wildman–Crippen MR) is 123 cm³/mol. The predicted octanol–water partition coefficient (Wildman–Crippen LogP) is 4.55. The monoisotopic (exact) mass is 415 g/mol. The summed E-state index contributed by atoms with van der Waals surface area (Å²) >= 11 is 0. The molecule has 3 rings (SSSR count). The topological polar surface area (TPSA) is 107 Å². The molecule has 0 spiro atoms. The van der Waals surface area contributed by atoms with Crippen LogP contribution in [0.2, 0.25) is 0 Å². The summed E-state index contributed by atoms with van der Waals surface area (Å²) in [5, 5.41) is 19.1. The van der Waals surface area contributed by atoms with Gasteiger partial charge in [0, 0.05) is 29.7 Å². The highest BCUT2D eigenvalue weighted by atomic mass is 16.2. The summed E-state index contributed by atoms with van der Waals surface area (Å²) < 4.78 is 0. The molecule has 0 saturated heterocycles. The Morgan fingerprint density at radius 2 is 1.90 bits per heavy atom. The molecule has 2 amide bonds. The van der Waals surface area contributed by atoms with Gasteiger partial charge in [-0.1, -0.05) is 23.8 Å². The van der Waals surface area contributed by atoms with Crippen molar-refractivity contribution in [1.29, 1.82) is 5.26 Å². The number of benzene rings is 2. The largest absolute Gasteiger partial charge is 0.369 e. The van der Waals surface area contributed by atoms with Crippen LogP contribution in [0.5, 0.6) is 0 Å². The van der Waals surface area contributed by atoms with Crippen LogP contribution in [0.25, 0.3) is 10.9 Å². The SMILES string of the molecule is CC(=O)c1cccc(NC(=O)NCCCNc2nc3c(C)cc(C)cc3cc2C#N)c1. The van der Waals surface area contributed by atoms with Crippen LogP contribution in [-0.4, -0.2) is 29.9 Å². The number of nitrogens with zero attached hydrogens (tertiary/aromatic N) is 2. The lowest BCUT2D eigenvalue weighted by atomic mass is 10.1. The first-order valence-electron chi connectivity index (χ1n) is 10.1. The van der Waals surface area contributed by atoms with Crippen LogP contribution >= 0.6 is 0 Å². The van der Waals surface area contributed by atoms with Gasteiger partial charge in [0.25, 0.3) is 0 Å². The average molecular weight is 415 g/mol. The molecule has 0 saturated carbocycles. The third-order valence-electron chi connectivity index (χ3n) is 4.83. The zero-order valence-corrected chi connectivity index (χ0v) is 17.9. The van der Waals surface area contributed by atoms with Gasteiger partial charge >= 0.3 is 6.03 Å². The number of Topliss-reactive ketones (excluding diaryl/α,β-unsaturated/α-hetero) is 1. The Morgan fingerprint density at radius 1 is 1.10 bits per heavy atom. The smallest absolute Gasteiger partial charge is 0.319 e. The van der Waals surface area contributed by atoms with E-state index in [0.717, 1.165) is 22.0 Å². The van der Waals surface area contributed by atoms with Crippen molar-refractivity contribution < 1.29 is 9.59 Å². The van der Waals surface area contributed by atoms with Crippen molar-refractivity contribution >= 4 is 34.2 Å². The Hall–Kier alpha value is -3.92. The summed E-state index contributed by atoms with van der Waals surface area (Å²) in [7, 11) is 0. The van der Waals surface area contributed by atoms with E-state index < -0.39 is 0 Å². The molecule has 0 fully saturated rings. The number of aromatic nitrogens is 1. The van der Waals surface area contributed by atoms with E-state index in [-0.39, 0.29) is 11.8 Å². The molecule has 0 radical (unpaired) electrons. The Kier molecular flexibility index (Phi) is 6.83. The number of carbonyl (C=O) groups excluding carboxylic acids is 2. The Morgan fingerprint density at radius 3 is 2.65 bits per heavy atom. The van der Waals surface area contributed by atoms with Gasteiger partial charge in [-0.25, -0.2) is 9.78 Å². The summed E-state index contributed by atoms with van der Waals surface area (Å²) in [5.41, 5.74) is 4.67. The van der Waals surface area contributed by atoms with Gasteiger partial charge in [-0.15, -0.1) is 0 Å². The van der Waals surface area contributed by atoms with E-state index in [9.17, 15) is 14.9 Å². The van der Waals surface area contributed by atoms with Crippen LogP contribution in [0.3, 0.4) is 0 Å². The minimum absolute atomic E-state index is 0.0560. The van der Waals surface area contributed by atoms with Crippen molar-refractivity contribution in [2.45, 2.75) is 27.2 Å². The number of nitrogens with one attached hydrogen (secondary N) is 3. The summed E-state index contributed by atoms with van der Waals surface area (Å²) in [6.45, 7) is 6.51. The number of aryl methyl sites for hydroxylation is 2. The number of fused-ring (bicyclic) bond motifs is 1. The van der Waals surface area contributed by atoms with E-state index in [1.54, 1.807) is 24.3 Å². The molecule has 0 atom stereocenters. The third kappa shape index (κ3) is 5.58. The Bertz CT molecular complexity index is 1180. The van der Waals surface area contributed by atoms with Crippen molar-refractivity contribution in [1.82, 2.24) is 10.3 Å². The number of rotatable bonds is 7. The molecule has 158 valence electrons. The summed E-state index contributed by atoms with van der Waals surface area (Å²) in [4.78, 5) is 28.1. The molecule has 1 aromatic heterocycles. The number of hydrogen-bond donors (Lipinski definition) is 3. The fourth-order valence-corrected chi connectivity index (χ4v) is 3.36. The maximum atomic E-state index is 12.1. The summed E-state index contributed by atoms with van der Waals surface area (Å²) in [6, 6.07) is 14.6. The van der Waals surface area contributed by atoms with E-state index >= 15 is 0 Å². The number of urea groups is 1. The van der Waals surface area contributed by atoms with Gasteiger partial charge in [0.05, 0.1) is 11.1 Å². The molecule has 0 aliphatic rings. The van der Waals surface area contributed by atoms with Gasteiger partial charge < -0.3 is 16.0 Å². The minimum atomic E-state index is -0.340. The lowest BCUT2D eigenvalue weighted by molar-refractivity contribution is 0.101. The van der Waals surface area contributed by atoms with Crippen LogP contribution < -0.4 is 16.0 Å². The zero-order valence-electron chi connectivity index (χ0n) is 17.9. The van der Waals surface area contributed by atoms with Crippen LogP contribution in [0.4, 0.5) is 16.3 Å². The summed E-state index contributed by atoms with van der Waals surface area (Å²) in [6.07, 6.45) is 0.651. The fourth-order valence-electron chi connectivity index (χ4n) is 3.36. The van der Waals surface area contributed by atoms with E-state index in [1.807, 2.05) is 26.0 Å². The fraction of sp³-hybridized carbons (Fsp3) is 0.250. The van der Waals surface area contributed by atoms with Gasteiger partial charge in [0.1, 0.15) is 11.9 Å². The van der Waals surface area contributed by atoms with Gasteiger partial charge in [0.15, 0.2) is 5.78 Å². The normalized spacial score (nSPS) is 10.4. The summed E-state index contributed by atoms with van der Waals surface area (Å²) in [5.74, 6) is 0.493. The molecular weight excluding hydrogens is 390 g/mol. The van der Waals surface area contributed by atoms with Crippen LogP contribution in [0.1, 0.15) is 40.4 Å². The molecule has 0 bridgehead atoms. The highest BCUT2D eigenvalue weighted by molar-refractivity contribution is 5.96. The van der Waals surface area contributed by atoms with Gasteiger partial charge in [0.2, 0.25) is 0 Å². The van der Waals surface area contributed by atoms with Crippen molar-refractivity contribution in [2.24, 2.45) is 0 Å². The number of ketones is 1. The number of amides is 2. The lowest BCUT2D eigenvalue weighted by Gasteiger charge is -2.11. The first-order chi connectivity index (χ1) is 14.9. The van der Waals surface area contributed by atoms with Crippen LogP contribution in [-0.2, 0) is 0 Å². The zero-order chi connectivity index (χ0) is 22.4. The first-order valence-corrected chi connectivity index (χ1v) is 10.1. The highest BCUT2D eigenvalue weighted by Gasteiger charge is 2.09. The molecule has 3 aromatic rings. The number of hydrogen-bond acceptors (Lipinski definition) is 5. The number of pyridine rings is 1. The van der Waals surface area contributed by atoms with E-state index in [2.05, 4.69) is 33.1 Å². The minimum Gasteiger partial charge on any atom is -0.369 e. The molecule has 3 N–H and O–H groups in total. The van der Waals surface area contributed by atoms with Gasteiger partial charge in [-0.05, 0) is 57.0 Å². The number of carbonyl (C=O) groups is 2. The van der Waals surface area contributed by atoms with E-state index in [1.165, 1.54) is 6.92 Å². The molecule has 2 aromatic carbocycles. The standard InChI is InChI=1S/C24H25N5O2/c1-15-10-16(2)22-19(11-15)12-20(14-25)23(29-22)26-8-5-9-27-24(31)28-21-7-4-6-18(13-21)17(3)30/h4,6-7,10-13H,5,8-9H2,1-3H3,(H,26,29)(H2,27,28,31).